The number of hydrogen-bond donors (Lipinski definition) is 3. The molecule has 0 aliphatic rings. The van der Waals surface area contributed by atoms with Crippen LogP contribution in [0.25, 0.3) is 0 Å². The number of aromatic nitrogens is 2. The minimum absolute atomic E-state index is 0.0850. The Kier molecular flexibility index (Phi) is 9.21. The summed E-state index contributed by atoms with van der Waals surface area (Å²) >= 11 is 0. The molecule has 154 valence electrons. The Morgan fingerprint density at radius 1 is 1.07 bits per heavy atom. The highest BCUT2D eigenvalue weighted by Crippen LogP contribution is 2.21. The third-order valence-electron chi connectivity index (χ3n) is 5.13. The van der Waals surface area contributed by atoms with Crippen molar-refractivity contribution in [2.45, 2.75) is 71.3 Å². The van der Waals surface area contributed by atoms with Crippen LogP contribution in [0, 0.1) is 0 Å². The molecule has 0 atom stereocenters. The molecule has 5 heteroatoms. The number of unbranched alkanes of at least 4 members (excludes halogenated alkanes) is 2. The molecule has 0 aliphatic carbocycles. The van der Waals surface area contributed by atoms with E-state index >= 15 is 0 Å². The monoisotopic (exact) mass is 384 g/mol. The summed E-state index contributed by atoms with van der Waals surface area (Å²) in [6.07, 6.45) is 10.4. The van der Waals surface area contributed by atoms with Crippen LogP contribution in [-0.4, -0.2) is 29.0 Å². The lowest BCUT2D eigenvalue weighted by molar-refractivity contribution is -0.121. The van der Waals surface area contributed by atoms with Gasteiger partial charge in [0.1, 0.15) is 5.82 Å². The van der Waals surface area contributed by atoms with Gasteiger partial charge >= 0.3 is 0 Å². The topological polar surface area (TPSA) is 69.8 Å². The van der Waals surface area contributed by atoms with Crippen LogP contribution in [-0.2, 0) is 23.2 Å². The van der Waals surface area contributed by atoms with Crippen molar-refractivity contribution in [1.29, 1.82) is 0 Å². The lowest BCUT2D eigenvalue weighted by Gasteiger charge is -2.27. The van der Waals surface area contributed by atoms with Gasteiger partial charge in [0.15, 0.2) is 0 Å². The Morgan fingerprint density at radius 2 is 1.86 bits per heavy atom. The zero-order valence-corrected chi connectivity index (χ0v) is 17.7. The number of carbonyl (C=O) groups excluding carboxylic acids is 1. The molecule has 2 aromatic rings. The van der Waals surface area contributed by atoms with E-state index in [1.807, 2.05) is 6.20 Å². The molecule has 0 saturated carbocycles. The lowest BCUT2D eigenvalue weighted by Crippen LogP contribution is -2.37. The molecule has 28 heavy (non-hydrogen) atoms. The summed E-state index contributed by atoms with van der Waals surface area (Å²) in [5.74, 6) is 1.19. The van der Waals surface area contributed by atoms with Crippen molar-refractivity contribution in [1.82, 2.24) is 20.6 Å². The maximum atomic E-state index is 11.9. The van der Waals surface area contributed by atoms with Crippen molar-refractivity contribution >= 4 is 5.91 Å². The van der Waals surface area contributed by atoms with Crippen molar-refractivity contribution in [3.05, 3.63) is 53.6 Å². The molecule has 1 amide bonds. The Morgan fingerprint density at radius 3 is 2.54 bits per heavy atom. The van der Waals surface area contributed by atoms with Gasteiger partial charge in [0.2, 0.25) is 5.91 Å². The summed E-state index contributed by atoms with van der Waals surface area (Å²) in [4.78, 5) is 19.3. The van der Waals surface area contributed by atoms with E-state index in [1.165, 1.54) is 24.0 Å². The van der Waals surface area contributed by atoms with Gasteiger partial charge in [-0.1, -0.05) is 44.0 Å². The first kappa shape index (κ1) is 22.2. The lowest BCUT2D eigenvalue weighted by atomic mass is 9.92. The van der Waals surface area contributed by atoms with Gasteiger partial charge in [0.05, 0.1) is 0 Å². The van der Waals surface area contributed by atoms with E-state index in [1.54, 1.807) is 6.20 Å². The number of imidazole rings is 1. The van der Waals surface area contributed by atoms with E-state index in [0.717, 1.165) is 44.6 Å². The van der Waals surface area contributed by atoms with Gasteiger partial charge in [-0.25, -0.2) is 4.98 Å². The minimum atomic E-state index is -0.0850. The number of carbonyl (C=O) groups is 1. The van der Waals surface area contributed by atoms with Gasteiger partial charge in [-0.05, 0) is 50.8 Å². The van der Waals surface area contributed by atoms with Crippen LogP contribution in [0.1, 0.15) is 69.8 Å². The number of benzene rings is 1. The Bertz CT molecular complexity index is 677. The molecule has 0 saturated heterocycles. The highest BCUT2D eigenvalue weighted by atomic mass is 16.1. The highest BCUT2D eigenvalue weighted by molar-refractivity contribution is 5.76. The molecule has 0 bridgehead atoms. The first-order valence-corrected chi connectivity index (χ1v) is 10.6. The van der Waals surface area contributed by atoms with E-state index in [-0.39, 0.29) is 11.4 Å². The summed E-state index contributed by atoms with van der Waals surface area (Å²) < 4.78 is 0. The van der Waals surface area contributed by atoms with Crippen molar-refractivity contribution < 1.29 is 4.79 Å². The van der Waals surface area contributed by atoms with Crippen LogP contribution < -0.4 is 10.6 Å². The molecule has 0 unspecified atom stereocenters. The quantitative estimate of drug-likeness (QED) is 0.455. The zero-order chi connectivity index (χ0) is 20.2. The van der Waals surface area contributed by atoms with Gasteiger partial charge in [-0.15, -0.1) is 0 Å². The van der Waals surface area contributed by atoms with Gasteiger partial charge in [0.25, 0.3) is 0 Å². The fourth-order valence-electron chi connectivity index (χ4n) is 3.23. The molecule has 1 heterocycles. The third kappa shape index (κ3) is 7.85. The number of nitrogens with zero attached hydrogens (tertiary/aromatic N) is 1. The SMILES string of the molecule is CCCCCNC(=O)CCc1ccc(C(C)(C)NCCCc2ncc[nH]2)cc1. The Labute approximate surface area is 169 Å². The van der Waals surface area contributed by atoms with E-state index in [2.05, 4.69) is 65.6 Å². The molecular weight excluding hydrogens is 348 g/mol. The molecule has 3 N–H and O–H groups in total. The van der Waals surface area contributed by atoms with Crippen molar-refractivity contribution in [2.24, 2.45) is 0 Å². The smallest absolute Gasteiger partial charge is 0.220 e. The average Bonchev–Trinajstić information content (AvgIpc) is 3.21. The summed E-state index contributed by atoms with van der Waals surface area (Å²) in [7, 11) is 0. The number of amides is 1. The van der Waals surface area contributed by atoms with Gasteiger partial charge < -0.3 is 15.6 Å². The van der Waals surface area contributed by atoms with Gasteiger partial charge in [-0.3, -0.25) is 4.79 Å². The normalized spacial score (nSPS) is 11.5. The molecule has 0 spiro atoms. The molecule has 0 fully saturated rings. The average molecular weight is 385 g/mol. The van der Waals surface area contributed by atoms with Gasteiger partial charge in [-0.2, -0.15) is 0 Å². The highest BCUT2D eigenvalue weighted by Gasteiger charge is 2.19. The third-order valence-corrected chi connectivity index (χ3v) is 5.13. The number of hydrogen-bond acceptors (Lipinski definition) is 3. The molecule has 0 radical (unpaired) electrons. The first-order chi connectivity index (χ1) is 13.5. The number of nitrogens with one attached hydrogen (secondary N) is 3. The number of aromatic amines is 1. The molecule has 1 aromatic carbocycles. The standard InChI is InChI=1S/C23H36N4O/c1-4-5-6-15-26-22(28)14-11-19-9-12-20(13-10-19)23(2,3)27-16-7-8-21-24-17-18-25-21/h9-10,12-13,17-18,27H,4-8,11,14-16H2,1-3H3,(H,24,25)(H,26,28). The van der Waals surface area contributed by atoms with Crippen LogP contribution in [0.15, 0.2) is 36.7 Å². The van der Waals surface area contributed by atoms with Gasteiger partial charge in [0, 0.05) is 37.3 Å². The van der Waals surface area contributed by atoms with E-state index in [9.17, 15) is 4.79 Å². The van der Waals surface area contributed by atoms with Crippen molar-refractivity contribution in [3.8, 4) is 0 Å². The maximum absolute atomic E-state index is 11.9. The Balaban J connectivity index is 1.71. The fraction of sp³-hybridized carbons (Fsp3) is 0.565. The number of H-pyrrole nitrogens is 1. The van der Waals surface area contributed by atoms with E-state index < -0.39 is 0 Å². The number of aryl methyl sites for hydroxylation is 2. The van der Waals surface area contributed by atoms with Crippen LogP contribution in [0.2, 0.25) is 0 Å². The molecule has 1 aromatic heterocycles. The second kappa shape index (κ2) is 11.6. The summed E-state index contributed by atoms with van der Waals surface area (Å²) in [6.45, 7) is 8.32. The predicted molar refractivity (Wildman–Crippen MR) is 115 cm³/mol. The van der Waals surface area contributed by atoms with E-state index in [4.69, 9.17) is 0 Å². The molecule has 0 aliphatic heterocycles. The zero-order valence-electron chi connectivity index (χ0n) is 17.7. The Hall–Kier alpha value is -2.14. The van der Waals surface area contributed by atoms with Crippen LogP contribution in [0.4, 0.5) is 0 Å². The molecule has 2 rings (SSSR count). The second-order valence-corrected chi connectivity index (χ2v) is 7.95. The summed E-state index contributed by atoms with van der Waals surface area (Å²) in [6, 6.07) is 8.64. The summed E-state index contributed by atoms with van der Waals surface area (Å²) in [5.41, 5.74) is 2.39. The second-order valence-electron chi connectivity index (χ2n) is 7.95. The van der Waals surface area contributed by atoms with Crippen molar-refractivity contribution in [3.63, 3.8) is 0 Å². The van der Waals surface area contributed by atoms with Crippen LogP contribution >= 0.6 is 0 Å². The van der Waals surface area contributed by atoms with E-state index in [0.29, 0.717) is 6.42 Å². The fourth-order valence-corrected chi connectivity index (χ4v) is 3.23. The minimum Gasteiger partial charge on any atom is -0.356 e. The molecular formula is C23H36N4O. The molecule has 5 nitrogen and oxygen atoms in total. The largest absolute Gasteiger partial charge is 0.356 e. The summed E-state index contributed by atoms with van der Waals surface area (Å²) in [5, 5.41) is 6.64. The predicted octanol–water partition coefficient (Wildman–Crippen LogP) is 4.11. The van der Waals surface area contributed by atoms with Crippen LogP contribution in [0.5, 0.6) is 0 Å². The van der Waals surface area contributed by atoms with Crippen LogP contribution in [0.3, 0.4) is 0 Å². The number of rotatable bonds is 13. The van der Waals surface area contributed by atoms with Crippen molar-refractivity contribution in [2.75, 3.05) is 13.1 Å². The first-order valence-electron chi connectivity index (χ1n) is 10.6. The maximum Gasteiger partial charge on any atom is 0.220 e.